The van der Waals surface area contributed by atoms with Gasteiger partial charge < -0.3 is 9.84 Å². The zero-order chi connectivity index (χ0) is 20.2. The number of benzene rings is 2. The van der Waals surface area contributed by atoms with Crippen molar-refractivity contribution in [3.63, 3.8) is 0 Å². The molecule has 7 heteroatoms. The lowest BCUT2D eigenvalue weighted by Crippen LogP contribution is -2.37. The summed E-state index contributed by atoms with van der Waals surface area (Å²) in [7, 11) is 0. The number of hydrogen-bond donors (Lipinski definition) is 1. The lowest BCUT2D eigenvalue weighted by atomic mass is 9.95. The van der Waals surface area contributed by atoms with E-state index in [9.17, 15) is 4.79 Å². The Hall–Kier alpha value is -2.70. The fraction of sp³-hybridized carbons (Fsp3) is 0.318. The maximum Gasteiger partial charge on any atom is 0.241 e. The maximum absolute atomic E-state index is 12.6. The van der Waals surface area contributed by atoms with Crippen LogP contribution in [0.5, 0.6) is 0 Å². The first-order chi connectivity index (χ1) is 14.1. The number of anilines is 1. The quantitative estimate of drug-likeness (QED) is 0.668. The van der Waals surface area contributed by atoms with E-state index in [1.54, 1.807) is 6.07 Å². The Morgan fingerprint density at radius 2 is 1.90 bits per heavy atom. The zero-order valence-corrected chi connectivity index (χ0v) is 17.0. The zero-order valence-electron chi connectivity index (χ0n) is 16.3. The number of piperidine rings is 1. The predicted molar refractivity (Wildman–Crippen MR) is 113 cm³/mol. The number of para-hydroxylation sites is 1. The van der Waals surface area contributed by atoms with Gasteiger partial charge in [0, 0.05) is 17.2 Å². The second kappa shape index (κ2) is 8.76. The first-order valence-corrected chi connectivity index (χ1v) is 10.1. The second-order valence-corrected chi connectivity index (χ2v) is 7.75. The number of aromatic nitrogens is 2. The van der Waals surface area contributed by atoms with Gasteiger partial charge in [0.05, 0.1) is 11.6 Å². The number of carbonyl (C=O) groups excluding carboxylic acids is 1. The van der Waals surface area contributed by atoms with Crippen molar-refractivity contribution in [2.45, 2.75) is 26.3 Å². The van der Waals surface area contributed by atoms with Crippen LogP contribution in [0.2, 0.25) is 5.02 Å². The van der Waals surface area contributed by atoms with Crippen LogP contribution in [0.15, 0.2) is 53.1 Å². The van der Waals surface area contributed by atoms with Crippen molar-refractivity contribution in [3.8, 4) is 11.4 Å². The molecule has 3 aromatic rings. The predicted octanol–water partition coefficient (Wildman–Crippen LogP) is 4.55. The van der Waals surface area contributed by atoms with Crippen molar-refractivity contribution in [2.75, 3.05) is 18.4 Å². The Morgan fingerprint density at radius 1 is 1.17 bits per heavy atom. The number of aryl methyl sites for hydroxylation is 1. The van der Waals surface area contributed by atoms with Crippen LogP contribution >= 0.6 is 11.6 Å². The normalized spacial score (nSPS) is 15.4. The van der Waals surface area contributed by atoms with Gasteiger partial charge in [-0.25, -0.2) is 0 Å². The molecule has 4 rings (SSSR count). The van der Waals surface area contributed by atoms with Gasteiger partial charge in [-0.3, -0.25) is 9.69 Å². The molecular weight excluding hydrogens is 388 g/mol. The smallest absolute Gasteiger partial charge is 0.241 e. The summed E-state index contributed by atoms with van der Waals surface area (Å²) in [5, 5.41) is 7.71. The highest BCUT2D eigenvalue weighted by atomic mass is 35.5. The molecule has 1 aliphatic rings. The number of likely N-dealkylation sites (tertiary alicyclic amines) is 1. The van der Waals surface area contributed by atoms with Crippen LogP contribution in [0.4, 0.5) is 5.69 Å². The van der Waals surface area contributed by atoms with Gasteiger partial charge in [-0.2, -0.15) is 4.98 Å². The SMILES string of the molecule is Cc1ccccc1NC(=O)C1CCN(Cc2nc(-c3ccccc3Cl)no2)CC1. The Balaban J connectivity index is 1.31. The third kappa shape index (κ3) is 4.66. The van der Waals surface area contributed by atoms with Crippen molar-refractivity contribution in [1.82, 2.24) is 15.0 Å². The minimum Gasteiger partial charge on any atom is -0.338 e. The lowest BCUT2D eigenvalue weighted by molar-refractivity contribution is -0.121. The van der Waals surface area contributed by atoms with Crippen LogP contribution in [-0.4, -0.2) is 34.0 Å². The van der Waals surface area contributed by atoms with Crippen molar-refractivity contribution >= 4 is 23.2 Å². The number of carbonyl (C=O) groups is 1. The van der Waals surface area contributed by atoms with Crippen LogP contribution in [-0.2, 0) is 11.3 Å². The van der Waals surface area contributed by atoms with E-state index >= 15 is 0 Å². The van der Waals surface area contributed by atoms with Crippen LogP contribution in [0, 0.1) is 12.8 Å². The van der Waals surface area contributed by atoms with E-state index in [4.69, 9.17) is 16.1 Å². The molecule has 0 spiro atoms. The van der Waals surface area contributed by atoms with Crippen molar-refractivity contribution in [2.24, 2.45) is 5.92 Å². The van der Waals surface area contributed by atoms with Gasteiger partial charge in [0.2, 0.25) is 17.6 Å². The average Bonchev–Trinajstić information content (AvgIpc) is 3.19. The molecule has 6 nitrogen and oxygen atoms in total. The molecule has 0 saturated carbocycles. The van der Waals surface area contributed by atoms with Gasteiger partial charge in [-0.05, 0) is 56.6 Å². The summed E-state index contributed by atoms with van der Waals surface area (Å²) in [5.74, 6) is 1.17. The summed E-state index contributed by atoms with van der Waals surface area (Å²) in [6.07, 6.45) is 1.62. The molecule has 1 amide bonds. The summed E-state index contributed by atoms with van der Waals surface area (Å²) in [6.45, 7) is 4.20. The van der Waals surface area contributed by atoms with Crippen molar-refractivity contribution in [1.29, 1.82) is 0 Å². The first kappa shape index (κ1) is 19.6. The first-order valence-electron chi connectivity index (χ1n) is 9.76. The summed E-state index contributed by atoms with van der Waals surface area (Å²) in [4.78, 5) is 19.3. The second-order valence-electron chi connectivity index (χ2n) is 7.35. The molecular formula is C22H23ClN4O2. The van der Waals surface area contributed by atoms with E-state index in [1.807, 2.05) is 49.4 Å². The molecule has 0 atom stereocenters. The van der Waals surface area contributed by atoms with Gasteiger partial charge in [0.15, 0.2) is 0 Å². The third-order valence-corrected chi connectivity index (χ3v) is 5.63. The molecule has 29 heavy (non-hydrogen) atoms. The molecule has 1 fully saturated rings. The van der Waals surface area contributed by atoms with E-state index < -0.39 is 0 Å². The molecule has 0 bridgehead atoms. The fourth-order valence-corrected chi connectivity index (χ4v) is 3.78. The highest BCUT2D eigenvalue weighted by molar-refractivity contribution is 6.33. The Labute approximate surface area is 174 Å². The average molecular weight is 411 g/mol. The fourth-order valence-electron chi connectivity index (χ4n) is 3.56. The minimum atomic E-state index is 0.0206. The Bertz CT molecular complexity index is 996. The number of rotatable bonds is 5. The molecule has 2 aromatic carbocycles. The molecule has 1 N–H and O–H groups in total. The van der Waals surface area contributed by atoms with E-state index in [0.717, 1.165) is 42.7 Å². The third-order valence-electron chi connectivity index (χ3n) is 5.30. The van der Waals surface area contributed by atoms with Crippen LogP contribution in [0.1, 0.15) is 24.3 Å². The van der Waals surface area contributed by atoms with Gasteiger partial charge >= 0.3 is 0 Å². The van der Waals surface area contributed by atoms with Crippen molar-refractivity contribution < 1.29 is 9.32 Å². The summed E-state index contributed by atoms with van der Waals surface area (Å²) >= 11 is 6.20. The van der Waals surface area contributed by atoms with E-state index in [2.05, 4.69) is 20.4 Å². The standard InChI is InChI=1S/C22H23ClN4O2/c1-15-6-2-5-9-19(15)24-22(28)16-10-12-27(13-11-16)14-20-25-21(26-29-20)17-7-3-4-8-18(17)23/h2-9,16H,10-14H2,1H3,(H,24,28). The van der Waals surface area contributed by atoms with Gasteiger partial charge in [-0.15, -0.1) is 0 Å². The lowest BCUT2D eigenvalue weighted by Gasteiger charge is -2.30. The molecule has 150 valence electrons. The molecule has 0 aliphatic carbocycles. The molecule has 0 unspecified atom stereocenters. The number of nitrogens with one attached hydrogen (secondary N) is 1. The molecule has 0 radical (unpaired) electrons. The number of hydrogen-bond acceptors (Lipinski definition) is 5. The van der Waals surface area contributed by atoms with Gasteiger partial charge in [0.25, 0.3) is 0 Å². The summed E-state index contributed by atoms with van der Waals surface area (Å²) in [6, 6.07) is 15.3. The van der Waals surface area contributed by atoms with Crippen LogP contribution < -0.4 is 5.32 Å². The number of amides is 1. The topological polar surface area (TPSA) is 71.3 Å². The Kier molecular flexibility index (Phi) is 5.92. The summed E-state index contributed by atoms with van der Waals surface area (Å²) < 4.78 is 5.40. The monoisotopic (exact) mass is 410 g/mol. The minimum absolute atomic E-state index is 0.0206. The molecule has 2 heterocycles. The molecule has 1 aromatic heterocycles. The number of nitrogens with zero attached hydrogens (tertiary/aromatic N) is 3. The summed E-state index contributed by atoms with van der Waals surface area (Å²) in [5.41, 5.74) is 2.72. The Morgan fingerprint density at radius 3 is 2.66 bits per heavy atom. The highest BCUT2D eigenvalue weighted by Crippen LogP contribution is 2.26. The van der Waals surface area contributed by atoms with E-state index in [1.165, 1.54) is 0 Å². The molecule has 1 saturated heterocycles. The van der Waals surface area contributed by atoms with Gasteiger partial charge in [-0.1, -0.05) is 47.1 Å². The highest BCUT2D eigenvalue weighted by Gasteiger charge is 2.26. The maximum atomic E-state index is 12.6. The van der Waals surface area contributed by atoms with E-state index in [-0.39, 0.29) is 11.8 Å². The van der Waals surface area contributed by atoms with Crippen LogP contribution in [0.3, 0.4) is 0 Å². The van der Waals surface area contributed by atoms with Crippen LogP contribution in [0.25, 0.3) is 11.4 Å². The molecule has 1 aliphatic heterocycles. The van der Waals surface area contributed by atoms with Crippen molar-refractivity contribution in [3.05, 3.63) is 65.0 Å². The largest absolute Gasteiger partial charge is 0.338 e. The van der Waals surface area contributed by atoms with Gasteiger partial charge in [0.1, 0.15) is 0 Å². The number of halogens is 1. The van der Waals surface area contributed by atoms with E-state index in [0.29, 0.717) is 23.3 Å².